The summed E-state index contributed by atoms with van der Waals surface area (Å²) in [6, 6.07) is 8.85. The Hall–Kier alpha value is -1.34. The molecule has 0 heterocycles. The summed E-state index contributed by atoms with van der Waals surface area (Å²) < 4.78 is 5.74. The van der Waals surface area contributed by atoms with Gasteiger partial charge in [-0.2, -0.15) is 0 Å². The topological polar surface area (TPSA) is 9.23 Å². The zero-order valence-corrected chi connectivity index (χ0v) is 13.6. The van der Waals surface area contributed by atoms with Gasteiger partial charge < -0.3 is 4.74 Å². The van der Waals surface area contributed by atoms with Crippen molar-refractivity contribution in [1.82, 2.24) is 0 Å². The van der Waals surface area contributed by atoms with Crippen LogP contribution >= 0.6 is 0 Å². The Morgan fingerprint density at radius 1 is 1.10 bits per heavy atom. The first-order chi connectivity index (χ1) is 9.46. The van der Waals surface area contributed by atoms with Crippen LogP contribution in [0.2, 0.25) is 0 Å². The summed E-state index contributed by atoms with van der Waals surface area (Å²) in [6.07, 6.45) is 8.51. The molecule has 1 rings (SSSR count). The number of hydrogen-bond acceptors (Lipinski definition) is 1. The lowest BCUT2D eigenvalue weighted by molar-refractivity contribution is -0.00384. The summed E-state index contributed by atoms with van der Waals surface area (Å²) in [7, 11) is 0. The number of hydrogen-bond donors (Lipinski definition) is 0. The van der Waals surface area contributed by atoms with Crippen molar-refractivity contribution in [3.63, 3.8) is 0 Å². The summed E-state index contributed by atoms with van der Waals surface area (Å²) in [5.41, 5.74) is 3.90. The molecule has 110 valence electrons. The molecule has 0 saturated heterocycles. The van der Waals surface area contributed by atoms with Gasteiger partial charge in [0.1, 0.15) is 0 Å². The predicted octanol–water partition coefficient (Wildman–Crippen LogP) is 5.41. The van der Waals surface area contributed by atoms with Crippen LogP contribution < -0.4 is 0 Å². The highest BCUT2D eigenvalue weighted by Crippen LogP contribution is 2.17. The van der Waals surface area contributed by atoms with Gasteiger partial charge in [-0.15, -0.1) is 0 Å². The summed E-state index contributed by atoms with van der Waals surface area (Å²) in [6.45, 7) is 11.2. The van der Waals surface area contributed by atoms with Crippen molar-refractivity contribution in [1.29, 1.82) is 0 Å². The van der Waals surface area contributed by atoms with Crippen molar-refractivity contribution in [3.05, 3.63) is 53.6 Å². The molecule has 0 N–H and O–H groups in total. The first-order valence-corrected chi connectivity index (χ1v) is 7.48. The van der Waals surface area contributed by atoms with Gasteiger partial charge in [0.15, 0.2) is 0 Å². The van der Waals surface area contributed by atoms with E-state index in [1.165, 1.54) is 16.7 Å². The van der Waals surface area contributed by atoms with Gasteiger partial charge in [0, 0.05) is 6.61 Å². The zero-order chi connectivity index (χ0) is 15.0. The molecule has 0 aliphatic rings. The van der Waals surface area contributed by atoms with E-state index in [-0.39, 0.29) is 5.60 Å². The quantitative estimate of drug-likeness (QED) is 0.496. The molecule has 1 aromatic carbocycles. The van der Waals surface area contributed by atoms with Crippen LogP contribution in [0.15, 0.2) is 42.5 Å². The van der Waals surface area contributed by atoms with Gasteiger partial charge in [0.05, 0.1) is 5.60 Å². The molecule has 0 atom stereocenters. The molecule has 0 radical (unpaired) electrons. The van der Waals surface area contributed by atoms with Gasteiger partial charge in [-0.05, 0) is 64.2 Å². The van der Waals surface area contributed by atoms with Crippen molar-refractivity contribution < 1.29 is 4.74 Å². The molecule has 1 aromatic rings. The third kappa shape index (κ3) is 6.21. The molecular formula is C19H28O. The molecule has 0 bridgehead atoms. The van der Waals surface area contributed by atoms with Crippen molar-refractivity contribution in [2.45, 2.75) is 53.1 Å². The summed E-state index contributed by atoms with van der Waals surface area (Å²) in [4.78, 5) is 0. The fraction of sp³-hybridized carbons (Fsp3) is 0.474. The van der Waals surface area contributed by atoms with E-state index in [1.807, 2.05) is 6.92 Å². The van der Waals surface area contributed by atoms with Crippen molar-refractivity contribution in [2.75, 3.05) is 6.61 Å². The highest BCUT2D eigenvalue weighted by molar-refractivity contribution is 5.73. The Kier molecular flexibility index (Phi) is 6.74. The molecule has 20 heavy (non-hydrogen) atoms. The molecule has 0 unspecified atom stereocenters. The van der Waals surface area contributed by atoms with Crippen molar-refractivity contribution in [3.8, 4) is 0 Å². The largest absolute Gasteiger partial charge is 0.376 e. The Morgan fingerprint density at radius 3 is 2.25 bits per heavy atom. The van der Waals surface area contributed by atoms with Crippen LogP contribution in [0, 0.1) is 0 Å². The minimum atomic E-state index is -0.0306. The maximum atomic E-state index is 5.74. The van der Waals surface area contributed by atoms with Crippen LogP contribution in [0.25, 0.3) is 5.57 Å². The third-order valence-corrected chi connectivity index (χ3v) is 3.09. The molecule has 1 heteroatoms. The lowest BCUT2D eigenvalue weighted by Gasteiger charge is -2.19. The molecule has 0 aliphatic heterocycles. The maximum Gasteiger partial charge on any atom is 0.0598 e. The molecule has 1 nitrogen and oxygen atoms in total. The molecule has 0 saturated carbocycles. The summed E-state index contributed by atoms with van der Waals surface area (Å²) in [5, 5.41) is 0. The highest BCUT2D eigenvalue weighted by Gasteiger charge is 2.08. The van der Waals surface area contributed by atoms with Crippen LogP contribution in [-0.4, -0.2) is 12.2 Å². The SMILES string of the molecule is C/C=C\C(=C/C)c1ccc(CCCOC(C)(C)C)cc1. The van der Waals surface area contributed by atoms with E-state index in [9.17, 15) is 0 Å². The standard InChI is InChI=1S/C19H28O/c1-6-9-17(7-2)18-13-11-16(12-14-18)10-8-15-20-19(3,4)5/h6-7,9,11-14H,8,10,15H2,1-5H3/b9-6-,17-7+. The lowest BCUT2D eigenvalue weighted by Crippen LogP contribution is -2.19. The molecule has 0 spiro atoms. The number of aryl methyl sites for hydroxylation is 1. The van der Waals surface area contributed by atoms with Crippen molar-refractivity contribution in [2.24, 2.45) is 0 Å². The summed E-state index contributed by atoms with van der Waals surface area (Å²) >= 11 is 0. The average Bonchev–Trinajstić information content (AvgIpc) is 2.41. The zero-order valence-electron chi connectivity index (χ0n) is 13.6. The van der Waals surface area contributed by atoms with Gasteiger partial charge in [-0.3, -0.25) is 0 Å². The minimum absolute atomic E-state index is 0.0306. The van der Waals surface area contributed by atoms with Gasteiger partial charge in [0.2, 0.25) is 0 Å². The van der Waals surface area contributed by atoms with Crippen LogP contribution in [0.4, 0.5) is 0 Å². The maximum absolute atomic E-state index is 5.74. The van der Waals surface area contributed by atoms with E-state index < -0.39 is 0 Å². The fourth-order valence-corrected chi connectivity index (χ4v) is 2.06. The first kappa shape index (κ1) is 16.7. The number of rotatable bonds is 6. The minimum Gasteiger partial charge on any atom is -0.376 e. The second-order valence-corrected chi connectivity index (χ2v) is 6.01. The van der Waals surface area contributed by atoms with Gasteiger partial charge in [-0.1, -0.05) is 42.5 Å². The van der Waals surface area contributed by atoms with E-state index in [0.29, 0.717) is 0 Å². The Morgan fingerprint density at radius 2 is 1.75 bits per heavy atom. The second kappa shape index (κ2) is 8.06. The molecule has 0 fully saturated rings. The van der Waals surface area contributed by atoms with E-state index in [1.54, 1.807) is 0 Å². The Labute approximate surface area is 124 Å². The Balaban J connectivity index is 2.51. The number of benzene rings is 1. The third-order valence-electron chi connectivity index (χ3n) is 3.09. The first-order valence-electron chi connectivity index (χ1n) is 7.48. The predicted molar refractivity (Wildman–Crippen MR) is 88.9 cm³/mol. The van der Waals surface area contributed by atoms with Crippen LogP contribution in [0.1, 0.15) is 52.2 Å². The second-order valence-electron chi connectivity index (χ2n) is 6.01. The molecular weight excluding hydrogens is 244 g/mol. The summed E-state index contributed by atoms with van der Waals surface area (Å²) in [5.74, 6) is 0. The van der Waals surface area contributed by atoms with E-state index >= 15 is 0 Å². The van der Waals surface area contributed by atoms with Gasteiger partial charge >= 0.3 is 0 Å². The van der Waals surface area contributed by atoms with E-state index in [2.05, 4.69) is 70.2 Å². The van der Waals surface area contributed by atoms with E-state index in [4.69, 9.17) is 4.74 Å². The normalized spacial score (nSPS) is 13.2. The Bertz CT molecular complexity index is 444. The van der Waals surface area contributed by atoms with Crippen LogP contribution in [-0.2, 0) is 11.2 Å². The van der Waals surface area contributed by atoms with E-state index in [0.717, 1.165) is 19.4 Å². The average molecular weight is 272 g/mol. The van der Waals surface area contributed by atoms with Gasteiger partial charge in [-0.25, -0.2) is 0 Å². The monoisotopic (exact) mass is 272 g/mol. The number of allylic oxidation sites excluding steroid dienone is 4. The van der Waals surface area contributed by atoms with Crippen LogP contribution in [0.3, 0.4) is 0 Å². The lowest BCUT2D eigenvalue weighted by atomic mass is 10.0. The highest BCUT2D eigenvalue weighted by atomic mass is 16.5. The molecule has 0 amide bonds. The van der Waals surface area contributed by atoms with Crippen molar-refractivity contribution >= 4 is 5.57 Å². The van der Waals surface area contributed by atoms with Gasteiger partial charge in [0.25, 0.3) is 0 Å². The number of ether oxygens (including phenoxy) is 1. The molecule has 0 aliphatic carbocycles. The molecule has 0 aromatic heterocycles. The van der Waals surface area contributed by atoms with Crippen LogP contribution in [0.5, 0.6) is 0 Å². The fourth-order valence-electron chi connectivity index (χ4n) is 2.06. The smallest absolute Gasteiger partial charge is 0.0598 e.